The summed E-state index contributed by atoms with van der Waals surface area (Å²) in [5, 5.41) is 5.37. The normalized spacial score (nSPS) is 11.0. The third kappa shape index (κ3) is 2.55. The van der Waals surface area contributed by atoms with Crippen LogP contribution in [0.2, 0.25) is 0 Å². The molecule has 0 unspecified atom stereocenters. The molecule has 4 nitrogen and oxygen atoms in total. The molecule has 0 saturated carbocycles. The first-order chi connectivity index (χ1) is 11.3. The second kappa shape index (κ2) is 5.57. The molecule has 0 radical (unpaired) electrons. The maximum Gasteiger partial charge on any atom is 0.271 e. The van der Waals surface area contributed by atoms with Crippen molar-refractivity contribution in [1.29, 1.82) is 0 Å². The Morgan fingerprint density at radius 3 is 2.74 bits per heavy atom. The minimum atomic E-state index is -0.0553. The fraction of sp³-hybridized carbons (Fsp3) is 0.0526. The summed E-state index contributed by atoms with van der Waals surface area (Å²) >= 11 is 0. The van der Waals surface area contributed by atoms with Crippen molar-refractivity contribution in [3.63, 3.8) is 0 Å². The number of hydrogen-bond donors (Lipinski definition) is 1. The molecule has 0 atom stereocenters. The summed E-state index contributed by atoms with van der Waals surface area (Å²) in [6, 6.07) is 19.6. The zero-order chi connectivity index (χ0) is 15.6. The first-order valence-corrected chi connectivity index (χ1v) is 7.49. The molecule has 4 rings (SSSR count). The molecule has 0 fully saturated rings. The highest BCUT2D eigenvalue weighted by Crippen LogP contribution is 2.20. The van der Waals surface area contributed by atoms with E-state index in [-0.39, 0.29) is 5.56 Å². The summed E-state index contributed by atoms with van der Waals surface area (Å²) in [5.74, 6) is 0. The third-order valence-corrected chi connectivity index (χ3v) is 3.90. The average molecular weight is 301 g/mol. The quantitative estimate of drug-likeness (QED) is 0.631. The maximum atomic E-state index is 12.4. The largest absolute Gasteiger partial charge is 0.295 e. The van der Waals surface area contributed by atoms with Crippen LogP contribution in [-0.2, 0) is 6.42 Å². The van der Waals surface area contributed by atoms with Crippen LogP contribution in [0.15, 0.2) is 77.9 Å². The van der Waals surface area contributed by atoms with Crippen LogP contribution >= 0.6 is 0 Å². The van der Waals surface area contributed by atoms with Crippen molar-refractivity contribution in [2.75, 3.05) is 0 Å². The molecule has 0 bridgehead atoms. The number of hydrogen-bond acceptors (Lipinski definition) is 2. The van der Waals surface area contributed by atoms with Gasteiger partial charge in [0.1, 0.15) is 0 Å². The Kier molecular flexibility index (Phi) is 3.27. The van der Waals surface area contributed by atoms with E-state index in [1.165, 1.54) is 0 Å². The SMILES string of the molecule is O=c1cc(Cc2cccnc2)[nH]n1-c1cccc2ccccc12. The van der Waals surface area contributed by atoms with Gasteiger partial charge < -0.3 is 0 Å². The van der Waals surface area contributed by atoms with Crippen LogP contribution in [0.3, 0.4) is 0 Å². The smallest absolute Gasteiger partial charge is 0.271 e. The molecular formula is C19H15N3O. The van der Waals surface area contributed by atoms with Crippen molar-refractivity contribution >= 4 is 10.8 Å². The van der Waals surface area contributed by atoms with E-state index in [4.69, 9.17) is 0 Å². The molecule has 0 aliphatic rings. The molecule has 1 N–H and O–H groups in total. The van der Waals surface area contributed by atoms with Gasteiger partial charge >= 0.3 is 0 Å². The first-order valence-electron chi connectivity index (χ1n) is 7.49. The minimum absolute atomic E-state index is 0.0553. The number of fused-ring (bicyclic) bond motifs is 1. The zero-order valence-electron chi connectivity index (χ0n) is 12.4. The molecule has 0 spiro atoms. The monoisotopic (exact) mass is 301 g/mol. The Hall–Kier alpha value is -3.14. The van der Waals surface area contributed by atoms with Gasteiger partial charge in [-0.05, 0) is 23.1 Å². The van der Waals surface area contributed by atoms with E-state index in [1.54, 1.807) is 16.9 Å². The van der Waals surface area contributed by atoms with Crippen LogP contribution in [0.1, 0.15) is 11.3 Å². The van der Waals surface area contributed by atoms with Crippen molar-refractivity contribution in [2.45, 2.75) is 6.42 Å². The van der Waals surface area contributed by atoms with Gasteiger partial charge in [0, 0.05) is 36.0 Å². The fourth-order valence-corrected chi connectivity index (χ4v) is 2.84. The molecule has 4 heteroatoms. The number of nitrogens with zero attached hydrogens (tertiary/aromatic N) is 2. The lowest BCUT2D eigenvalue weighted by Crippen LogP contribution is -2.13. The lowest BCUT2D eigenvalue weighted by Gasteiger charge is -2.07. The molecule has 0 amide bonds. The van der Waals surface area contributed by atoms with Crippen LogP contribution in [0.25, 0.3) is 16.5 Å². The average Bonchev–Trinajstić information content (AvgIpc) is 2.95. The molecule has 2 heterocycles. The molecule has 2 aromatic carbocycles. The Balaban J connectivity index is 1.79. The topological polar surface area (TPSA) is 50.7 Å². The van der Waals surface area contributed by atoms with Crippen molar-refractivity contribution in [1.82, 2.24) is 14.8 Å². The van der Waals surface area contributed by atoms with Crippen molar-refractivity contribution in [2.24, 2.45) is 0 Å². The Morgan fingerprint density at radius 2 is 1.87 bits per heavy atom. The van der Waals surface area contributed by atoms with Crippen LogP contribution in [0.5, 0.6) is 0 Å². The molecule has 112 valence electrons. The summed E-state index contributed by atoms with van der Waals surface area (Å²) in [4.78, 5) is 16.5. The second-order valence-electron chi connectivity index (χ2n) is 5.49. The number of aromatic nitrogens is 3. The number of benzene rings is 2. The van der Waals surface area contributed by atoms with E-state index in [0.717, 1.165) is 27.7 Å². The maximum absolute atomic E-state index is 12.4. The molecule has 2 aromatic heterocycles. The van der Waals surface area contributed by atoms with Gasteiger partial charge in [-0.15, -0.1) is 0 Å². The van der Waals surface area contributed by atoms with Gasteiger partial charge in [-0.1, -0.05) is 42.5 Å². The van der Waals surface area contributed by atoms with E-state index in [2.05, 4.69) is 10.1 Å². The zero-order valence-corrected chi connectivity index (χ0v) is 12.4. The summed E-state index contributed by atoms with van der Waals surface area (Å²) < 4.78 is 1.61. The van der Waals surface area contributed by atoms with Crippen LogP contribution in [0, 0.1) is 0 Å². The van der Waals surface area contributed by atoms with Gasteiger partial charge in [0.25, 0.3) is 5.56 Å². The standard InChI is InChI=1S/C19H15N3O/c23-19-12-16(11-14-5-4-10-20-13-14)21-22(19)18-9-3-7-15-6-1-2-8-17(15)18/h1-10,12-13,21H,11H2. The molecule has 4 aromatic rings. The molecule has 0 aliphatic heterocycles. The van der Waals surface area contributed by atoms with Gasteiger partial charge in [-0.25, -0.2) is 4.68 Å². The van der Waals surface area contributed by atoms with Crippen molar-refractivity contribution < 1.29 is 0 Å². The van der Waals surface area contributed by atoms with Gasteiger partial charge in [-0.3, -0.25) is 14.9 Å². The predicted molar refractivity (Wildman–Crippen MR) is 90.9 cm³/mol. The van der Waals surface area contributed by atoms with Gasteiger partial charge in [0.2, 0.25) is 0 Å². The second-order valence-corrected chi connectivity index (χ2v) is 5.49. The lowest BCUT2D eigenvalue weighted by atomic mass is 10.1. The number of pyridine rings is 1. The summed E-state index contributed by atoms with van der Waals surface area (Å²) in [7, 11) is 0. The van der Waals surface area contributed by atoms with E-state index in [1.807, 2.05) is 60.8 Å². The highest BCUT2D eigenvalue weighted by atomic mass is 16.1. The Labute approximate surface area is 133 Å². The lowest BCUT2D eigenvalue weighted by molar-refractivity contribution is 0.829. The summed E-state index contributed by atoms with van der Waals surface area (Å²) in [5.41, 5.74) is 2.75. The van der Waals surface area contributed by atoms with Crippen LogP contribution < -0.4 is 5.56 Å². The number of nitrogens with one attached hydrogen (secondary N) is 1. The van der Waals surface area contributed by atoms with Gasteiger partial charge in [0.05, 0.1) is 5.69 Å². The highest BCUT2D eigenvalue weighted by Gasteiger charge is 2.08. The molecule has 0 saturated heterocycles. The molecular weight excluding hydrogens is 286 g/mol. The molecule has 0 aliphatic carbocycles. The van der Waals surface area contributed by atoms with E-state index >= 15 is 0 Å². The Bertz CT molecular complexity index is 1010. The number of rotatable bonds is 3. The van der Waals surface area contributed by atoms with Gasteiger partial charge in [0.15, 0.2) is 0 Å². The third-order valence-electron chi connectivity index (χ3n) is 3.90. The number of H-pyrrole nitrogens is 1. The predicted octanol–water partition coefficient (Wildman–Crippen LogP) is 3.30. The van der Waals surface area contributed by atoms with Crippen molar-refractivity contribution in [3.8, 4) is 5.69 Å². The first kappa shape index (κ1) is 13.5. The van der Waals surface area contributed by atoms with Crippen LogP contribution in [-0.4, -0.2) is 14.8 Å². The fourth-order valence-electron chi connectivity index (χ4n) is 2.84. The van der Waals surface area contributed by atoms with E-state index in [9.17, 15) is 4.79 Å². The molecule has 23 heavy (non-hydrogen) atoms. The van der Waals surface area contributed by atoms with Crippen molar-refractivity contribution in [3.05, 3.63) is 94.7 Å². The van der Waals surface area contributed by atoms with Gasteiger partial charge in [-0.2, -0.15) is 0 Å². The summed E-state index contributed by atoms with van der Waals surface area (Å²) in [6.45, 7) is 0. The highest BCUT2D eigenvalue weighted by molar-refractivity contribution is 5.89. The van der Waals surface area contributed by atoms with E-state index < -0.39 is 0 Å². The summed E-state index contributed by atoms with van der Waals surface area (Å²) in [6.07, 6.45) is 4.21. The van der Waals surface area contributed by atoms with Crippen LogP contribution in [0.4, 0.5) is 0 Å². The van der Waals surface area contributed by atoms with E-state index in [0.29, 0.717) is 6.42 Å². The minimum Gasteiger partial charge on any atom is -0.295 e. The Morgan fingerprint density at radius 1 is 1.00 bits per heavy atom. The number of aromatic amines is 1.